The number of sulfonamides is 1. The molecule has 0 unspecified atom stereocenters. The highest BCUT2D eigenvalue weighted by atomic mass is 35.5. The molecule has 3 aromatic rings. The number of hydrogen-bond acceptors (Lipinski definition) is 4. The molecule has 0 spiro atoms. The summed E-state index contributed by atoms with van der Waals surface area (Å²) in [7, 11) is -3.63. The van der Waals surface area contributed by atoms with Gasteiger partial charge in [0.2, 0.25) is 10.0 Å². The van der Waals surface area contributed by atoms with Crippen molar-refractivity contribution in [2.45, 2.75) is 13.5 Å². The van der Waals surface area contributed by atoms with Crippen LogP contribution in [0.4, 0.5) is 11.4 Å². The van der Waals surface area contributed by atoms with Crippen molar-refractivity contribution >= 4 is 50.5 Å². The lowest BCUT2D eigenvalue weighted by molar-refractivity contribution is 0.102. The summed E-state index contributed by atoms with van der Waals surface area (Å²) in [6.07, 6.45) is 1.10. The smallest absolute Gasteiger partial charge is 0.255 e. The maximum atomic E-state index is 12.5. The molecule has 0 aliphatic rings. The third-order valence-corrected chi connectivity index (χ3v) is 6.50. The van der Waals surface area contributed by atoms with Crippen molar-refractivity contribution in [3.05, 3.63) is 87.9 Å². The first-order valence-electron chi connectivity index (χ1n) is 9.74. The van der Waals surface area contributed by atoms with Crippen LogP contribution >= 0.6 is 23.2 Å². The second-order valence-electron chi connectivity index (χ2n) is 6.95. The topological polar surface area (TPSA) is 75.7 Å². The Labute approximate surface area is 197 Å². The number of nitrogens with zero attached hydrogens (tertiary/aromatic N) is 1. The Kier molecular flexibility index (Phi) is 7.66. The van der Waals surface area contributed by atoms with Gasteiger partial charge < -0.3 is 10.1 Å². The minimum absolute atomic E-state index is 0.0414. The average Bonchev–Trinajstić information content (AvgIpc) is 2.75. The third kappa shape index (κ3) is 5.94. The molecule has 168 valence electrons. The van der Waals surface area contributed by atoms with E-state index in [2.05, 4.69) is 5.32 Å². The zero-order valence-corrected chi connectivity index (χ0v) is 19.8. The minimum Gasteiger partial charge on any atom is -0.494 e. The Hall–Kier alpha value is -2.74. The van der Waals surface area contributed by atoms with Gasteiger partial charge in [0.15, 0.2) is 0 Å². The van der Waals surface area contributed by atoms with Crippen molar-refractivity contribution in [2.75, 3.05) is 22.5 Å². The van der Waals surface area contributed by atoms with Crippen molar-refractivity contribution in [1.29, 1.82) is 0 Å². The number of halogens is 2. The molecule has 1 amide bonds. The molecule has 0 heterocycles. The molecule has 0 aliphatic heterocycles. The highest BCUT2D eigenvalue weighted by Gasteiger charge is 2.21. The molecule has 3 aromatic carbocycles. The second-order valence-corrected chi connectivity index (χ2v) is 9.64. The quantitative estimate of drug-likeness (QED) is 0.443. The van der Waals surface area contributed by atoms with Crippen LogP contribution in [0.3, 0.4) is 0 Å². The molecular formula is C23H22Cl2N2O4S. The van der Waals surface area contributed by atoms with E-state index in [0.29, 0.717) is 29.1 Å². The summed E-state index contributed by atoms with van der Waals surface area (Å²) in [5, 5.41) is 3.24. The number of ether oxygens (including phenoxy) is 1. The molecule has 0 radical (unpaired) electrons. The molecule has 0 saturated carbocycles. The highest BCUT2D eigenvalue weighted by Crippen LogP contribution is 2.34. The van der Waals surface area contributed by atoms with E-state index in [-0.39, 0.29) is 22.5 Å². The summed E-state index contributed by atoms with van der Waals surface area (Å²) in [4.78, 5) is 12.5. The molecule has 3 rings (SSSR count). The number of carbonyl (C=O) groups excluding carboxylic acids is 1. The fraction of sp³-hybridized carbons (Fsp3) is 0.174. The van der Waals surface area contributed by atoms with E-state index in [1.165, 1.54) is 4.31 Å². The van der Waals surface area contributed by atoms with Crippen molar-refractivity contribution in [3.63, 3.8) is 0 Å². The predicted molar refractivity (Wildman–Crippen MR) is 129 cm³/mol. The van der Waals surface area contributed by atoms with Gasteiger partial charge >= 0.3 is 0 Å². The second kappa shape index (κ2) is 10.3. The Balaban J connectivity index is 1.75. The van der Waals surface area contributed by atoms with Crippen LogP contribution in [0.2, 0.25) is 10.0 Å². The zero-order chi connectivity index (χ0) is 23.3. The first-order chi connectivity index (χ1) is 15.2. The van der Waals surface area contributed by atoms with E-state index >= 15 is 0 Å². The number of hydrogen-bond donors (Lipinski definition) is 1. The highest BCUT2D eigenvalue weighted by molar-refractivity contribution is 7.92. The van der Waals surface area contributed by atoms with E-state index in [1.807, 2.05) is 6.92 Å². The number of anilines is 2. The van der Waals surface area contributed by atoms with Gasteiger partial charge in [-0.1, -0.05) is 41.4 Å². The van der Waals surface area contributed by atoms with Gasteiger partial charge in [-0.3, -0.25) is 9.10 Å². The van der Waals surface area contributed by atoms with Crippen LogP contribution in [0.15, 0.2) is 66.7 Å². The van der Waals surface area contributed by atoms with Gasteiger partial charge in [0, 0.05) is 11.3 Å². The van der Waals surface area contributed by atoms with Crippen LogP contribution in [0.25, 0.3) is 0 Å². The van der Waals surface area contributed by atoms with Crippen LogP contribution in [0, 0.1) is 0 Å². The van der Waals surface area contributed by atoms with E-state index in [0.717, 1.165) is 12.0 Å². The summed E-state index contributed by atoms with van der Waals surface area (Å²) in [5.41, 5.74) is 2.05. The first kappa shape index (κ1) is 23.9. The fourth-order valence-corrected chi connectivity index (χ4v) is 4.34. The molecule has 0 atom stereocenters. The Bertz CT molecular complexity index is 1200. The van der Waals surface area contributed by atoms with E-state index in [1.54, 1.807) is 66.7 Å². The molecule has 0 aromatic heterocycles. The van der Waals surface area contributed by atoms with Crippen molar-refractivity contribution in [1.82, 2.24) is 0 Å². The standard InChI is InChI=1S/C23H22Cl2N2O4S/c1-3-31-19-13-11-18(12-14-19)26-23(28)17-9-7-16(8-10-17)15-27(32(2,29)30)21-6-4-5-20(24)22(21)25/h4-14H,3,15H2,1-2H3,(H,26,28). The van der Waals surface area contributed by atoms with E-state index in [4.69, 9.17) is 27.9 Å². The van der Waals surface area contributed by atoms with Crippen molar-refractivity contribution < 1.29 is 17.9 Å². The van der Waals surface area contributed by atoms with Gasteiger partial charge in [-0.25, -0.2) is 8.42 Å². The van der Waals surface area contributed by atoms with Gasteiger partial charge in [-0.05, 0) is 61.0 Å². The summed E-state index contributed by atoms with van der Waals surface area (Å²) in [6.45, 7) is 2.51. The molecule has 32 heavy (non-hydrogen) atoms. The van der Waals surface area contributed by atoms with Gasteiger partial charge in [0.05, 0.1) is 35.1 Å². The summed E-state index contributed by atoms with van der Waals surface area (Å²) in [5.74, 6) is 0.448. The SMILES string of the molecule is CCOc1ccc(NC(=O)c2ccc(CN(c3cccc(Cl)c3Cl)S(C)(=O)=O)cc2)cc1. The largest absolute Gasteiger partial charge is 0.494 e. The third-order valence-electron chi connectivity index (χ3n) is 4.57. The van der Waals surface area contributed by atoms with Crippen LogP contribution in [-0.4, -0.2) is 27.2 Å². The van der Waals surface area contributed by atoms with Gasteiger partial charge in [-0.2, -0.15) is 0 Å². The summed E-state index contributed by atoms with van der Waals surface area (Å²) < 4.78 is 31.4. The lowest BCUT2D eigenvalue weighted by Crippen LogP contribution is -2.29. The maximum Gasteiger partial charge on any atom is 0.255 e. The molecule has 9 heteroatoms. The van der Waals surface area contributed by atoms with Crippen molar-refractivity contribution in [2.24, 2.45) is 0 Å². The van der Waals surface area contributed by atoms with Crippen LogP contribution in [0.1, 0.15) is 22.8 Å². The first-order valence-corrected chi connectivity index (χ1v) is 12.3. The fourth-order valence-electron chi connectivity index (χ4n) is 3.00. The zero-order valence-electron chi connectivity index (χ0n) is 17.5. The molecule has 0 aliphatic carbocycles. The summed E-state index contributed by atoms with van der Waals surface area (Å²) >= 11 is 12.3. The van der Waals surface area contributed by atoms with Gasteiger partial charge in [0.1, 0.15) is 5.75 Å². The Morgan fingerprint density at radius 2 is 1.66 bits per heavy atom. The maximum absolute atomic E-state index is 12.5. The van der Waals surface area contributed by atoms with Crippen LogP contribution in [0.5, 0.6) is 5.75 Å². The lowest BCUT2D eigenvalue weighted by atomic mass is 10.1. The number of benzene rings is 3. The van der Waals surface area contributed by atoms with Crippen LogP contribution < -0.4 is 14.4 Å². The Morgan fingerprint density at radius 1 is 1.00 bits per heavy atom. The van der Waals surface area contributed by atoms with E-state index in [9.17, 15) is 13.2 Å². The molecule has 0 bridgehead atoms. The number of nitrogens with one attached hydrogen (secondary N) is 1. The minimum atomic E-state index is -3.63. The normalized spacial score (nSPS) is 11.1. The lowest BCUT2D eigenvalue weighted by Gasteiger charge is -2.24. The van der Waals surface area contributed by atoms with Gasteiger partial charge in [-0.15, -0.1) is 0 Å². The molecule has 1 N–H and O–H groups in total. The van der Waals surface area contributed by atoms with E-state index < -0.39 is 10.0 Å². The number of carbonyl (C=O) groups is 1. The van der Waals surface area contributed by atoms with Crippen LogP contribution in [-0.2, 0) is 16.6 Å². The molecule has 0 saturated heterocycles. The summed E-state index contributed by atoms with van der Waals surface area (Å²) in [6, 6.07) is 18.6. The number of amides is 1. The molecular weight excluding hydrogens is 471 g/mol. The average molecular weight is 493 g/mol. The predicted octanol–water partition coefficient (Wildman–Crippen LogP) is 5.61. The monoisotopic (exact) mass is 492 g/mol. The Morgan fingerprint density at radius 3 is 2.25 bits per heavy atom. The van der Waals surface area contributed by atoms with Crippen molar-refractivity contribution in [3.8, 4) is 5.75 Å². The number of rotatable bonds is 8. The molecule has 0 fully saturated rings. The molecule has 6 nitrogen and oxygen atoms in total. The van der Waals surface area contributed by atoms with Gasteiger partial charge in [0.25, 0.3) is 5.91 Å².